The number of hydrogen-bond donors (Lipinski definition) is 2. The SMILES string of the molecule is CC(C)(C)Nc1cccc(-c2cnc3[nH]cc(C(=O)C(C)(C)C)c3n2)c1. The fraction of sp³-hybridized carbons (Fsp3) is 0.381. The van der Waals surface area contributed by atoms with Crippen molar-refractivity contribution in [3.05, 3.63) is 42.2 Å². The molecule has 0 saturated heterocycles. The first kappa shape index (κ1) is 18.1. The molecule has 5 heteroatoms. The molecule has 0 atom stereocenters. The molecule has 2 heterocycles. The number of hydrogen-bond acceptors (Lipinski definition) is 4. The van der Waals surface area contributed by atoms with Crippen molar-refractivity contribution in [1.29, 1.82) is 0 Å². The van der Waals surface area contributed by atoms with Crippen molar-refractivity contribution in [3.8, 4) is 11.3 Å². The molecule has 1 aromatic carbocycles. The van der Waals surface area contributed by atoms with Crippen LogP contribution in [0.25, 0.3) is 22.4 Å². The number of nitrogens with one attached hydrogen (secondary N) is 2. The first-order valence-electron chi connectivity index (χ1n) is 8.82. The molecule has 0 spiro atoms. The Morgan fingerprint density at radius 2 is 1.85 bits per heavy atom. The van der Waals surface area contributed by atoms with Crippen LogP contribution < -0.4 is 5.32 Å². The second-order valence-corrected chi connectivity index (χ2v) is 8.69. The van der Waals surface area contributed by atoms with Crippen molar-refractivity contribution in [2.75, 3.05) is 5.32 Å². The number of ketones is 1. The Bertz CT molecular complexity index is 958. The number of Topliss-reactive ketones (excluding diaryl/α,β-unsaturated/α-hetero) is 1. The summed E-state index contributed by atoms with van der Waals surface area (Å²) >= 11 is 0. The lowest BCUT2D eigenvalue weighted by atomic mass is 9.87. The van der Waals surface area contributed by atoms with Crippen LogP contribution in [0.4, 0.5) is 5.69 Å². The third-order valence-electron chi connectivity index (χ3n) is 3.98. The Labute approximate surface area is 154 Å². The van der Waals surface area contributed by atoms with Crippen molar-refractivity contribution in [3.63, 3.8) is 0 Å². The van der Waals surface area contributed by atoms with Crippen LogP contribution in [-0.2, 0) is 0 Å². The Hall–Kier alpha value is -2.69. The van der Waals surface area contributed by atoms with E-state index in [4.69, 9.17) is 4.98 Å². The first-order valence-corrected chi connectivity index (χ1v) is 8.82. The predicted octanol–water partition coefficient (Wildman–Crippen LogP) is 5.06. The van der Waals surface area contributed by atoms with E-state index in [1.807, 2.05) is 39.0 Å². The Kier molecular flexibility index (Phi) is 4.34. The highest BCUT2D eigenvalue weighted by molar-refractivity contribution is 6.08. The van der Waals surface area contributed by atoms with Crippen molar-refractivity contribution in [1.82, 2.24) is 15.0 Å². The molecule has 0 fully saturated rings. The van der Waals surface area contributed by atoms with Gasteiger partial charge in [0.05, 0.1) is 17.5 Å². The number of anilines is 1. The lowest BCUT2D eigenvalue weighted by Crippen LogP contribution is -2.25. The van der Waals surface area contributed by atoms with Crippen molar-refractivity contribution in [2.24, 2.45) is 5.41 Å². The van der Waals surface area contributed by atoms with Crippen molar-refractivity contribution in [2.45, 2.75) is 47.1 Å². The summed E-state index contributed by atoms with van der Waals surface area (Å²) in [5, 5.41) is 3.46. The Morgan fingerprint density at radius 3 is 2.50 bits per heavy atom. The van der Waals surface area contributed by atoms with E-state index in [0.717, 1.165) is 16.9 Å². The average Bonchev–Trinajstić information content (AvgIpc) is 2.94. The monoisotopic (exact) mass is 350 g/mol. The zero-order valence-electron chi connectivity index (χ0n) is 16.3. The number of benzene rings is 1. The maximum absolute atomic E-state index is 12.7. The first-order chi connectivity index (χ1) is 12.0. The molecule has 0 aliphatic carbocycles. The van der Waals surface area contributed by atoms with Crippen LogP contribution >= 0.6 is 0 Å². The van der Waals surface area contributed by atoms with E-state index < -0.39 is 5.41 Å². The summed E-state index contributed by atoms with van der Waals surface area (Å²) < 4.78 is 0. The molecule has 2 N–H and O–H groups in total. The summed E-state index contributed by atoms with van der Waals surface area (Å²) in [7, 11) is 0. The van der Waals surface area contributed by atoms with Gasteiger partial charge >= 0.3 is 0 Å². The summed E-state index contributed by atoms with van der Waals surface area (Å²) in [4.78, 5) is 24.9. The van der Waals surface area contributed by atoms with Gasteiger partial charge in [-0.3, -0.25) is 4.79 Å². The number of carbonyl (C=O) groups excluding carboxylic acids is 1. The van der Waals surface area contributed by atoms with Crippen LogP contribution in [0.3, 0.4) is 0 Å². The van der Waals surface area contributed by atoms with Gasteiger partial charge in [-0.25, -0.2) is 9.97 Å². The maximum atomic E-state index is 12.7. The van der Waals surface area contributed by atoms with Gasteiger partial charge in [-0.2, -0.15) is 0 Å². The molecule has 5 nitrogen and oxygen atoms in total. The number of carbonyl (C=O) groups is 1. The Balaban J connectivity index is 2.04. The van der Waals surface area contributed by atoms with Crippen LogP contribution in [-0.4, -0.2) is 26.3 Å². The van der Waals surface area contributed by atoms with E-state index in [-0.39, 0.29) is 11.3 Å². The normalized spacial score (nSPS) is 12.4. The number of aromatic nitrogens is 3. The van der Waals surface area contributed by atoms with Crippen molar-refractivity contribution >= 4 is 22.6 Å². The molecule has 0 unspecified atom stereocenters. The van der Waals surface area contributed by atoms with Crippen LogP contribution in [0.5, 0.6) is 0 Å². The number of aromatic amines is 1. The third-order valence-corrected chi connectivity index (χ3v) is 3.98. The second-order valence-electron chi connectivity index (χ2n) is 8.69. The fourth-order valence-corrected chi connectivity index (χ4v) is 2.80. The smallest absolute Gasteiger partial charge is 0.171 e. The molecule has 2 aromatic heterocycles. The van der Waals surface area contributed by atoms with E-state index >= 15 is 0 Å². The molecule has 136 valence electrons. The number of H-pyrrole nitrogens is 1. The molecule has 0 aliphatic rings. The summed E-state index contributed by atoms with van der Waals surface area (Å²) in [5.74, 6) is 0.0540. The molecule has 3 aromatic rings. The van der Waals surface area contributed by atoms with E-state index in [9.17, 15) is 4.79 Å². The highest BCUT2D eigenvalue weighted by Crippen LogP contribution is 2.28. The highest BCUT2D eigenvalue weighted by atomic mass is 16.1. The van der Waals surface area contributed by atoms with Crippen molar-refractivity contribution < 1.29 is 4.79 Å². The molecule has 0 saturated carbocycles. The minimum Gasteiger partial charge on any atom is -0.380 e. The largest absolute Gasteiger partial charge is 0.380 e. The second kappa shape index (κ2) is 6.24. The number of fused-ring (bicyclic) bond motifs is 1. The Morgan fingerprint density at radius 1 is 1.12 bits per heavy atom. The van der Waals surface area contributed by atoms with Gasteiger partial charge in [0, 0.05) is 28.4 Å². The quantitative estimate of drug-likeness (QED) is 0.647. The average molecular weight is 350 g/mol. The maximum Gasteiger partial charge on any atom is 0.171 e. The lowest BCUT2D eigenvalue weighted by molar-refractivity contribution is 0.0860. The molecular weight excluding hydrogens is 324 g/mol. The number of nitrogens with zero attached hydrogens (tertiary/aromatic N) is 2. The van der Waals surface area contributed by atoms with Crippen LogP contribution in [0.15, 0.2) is 36.7 Å². The molecule has 26 heavy (non-hydrogen) atoms. The summed E-state index contributed by atoms with van der Waals surface area (Å²) in [5.41, 5.74) is 4.08. The van der Waals surface area contributed by atoms with Gasteiger partial charge < -0.3 is 10.3 Å². The summed E-state index contributed by atoms with van der Waals surface area (Å²) in [6.07, 6.45) is 3.44. The van der Waals surface area contributed by atoms with Crippen LogP contribution in [0, 0.1) is 5.41 Å². The summed E-state index contributed by atoms with van der Waals surface area (Å²) in [6.45, 7) is 12.1. The van der Waals surface area contributed by atoms with Crippen LogP contribution in [0.2, 0.25) is 0 Å². The molecule has 0 bridgehead atoms. The van der Waals surface area contributed by atoms with Gasteiger partial charge in [-0.15, -0.1) is 0 Å². The van der Waals surface area contributed by atoms with Gasteiger partial charge in [-0.1, -0.05) is 32.9 Å². The topological polar surface area (TPSA) is 70.7 Å². The lowest BCUT2D eigenvalue weighted by Gasteiger charge is -2.22. The number of rotatable bonds is 3. The standard InChI is InChI=1S/C21H26N4O/c1-20(2,3)18(26)15-11-22-19-17(15)24-16(12-23-19)13-8-7-9-14(10-13)25-21(4,5)6/h7-12,25H,1-6H3,(H,22,23). The molecule has 3 rings (SSSR count). The minimum atomic E-state index is -0.469. The summed E-state index contributed by atoms with van der Waals surface area (Å²) in [6, 6.07) is 8.08. The fourth-order valence-electron chi connectivity index (χ4n) is 2.80. The molecule has 0 radical (unpaired) electrons. The van der Waals surface area contributed by atoms with Gasteiger partial charge in [0.25, 0.3) is 0 Å². The third kappa shape index (κ3) is 3.77. The highest BCUT2D eigenvalue weighted by Gasteiger charge is 2.26. The van der Waals surface area contributed by atoms with E-state index in [0.29, 0.717) is 16.7 Å². The van der Waals surface area contributed by atoms with E-state index in [1.54, 1.807) is 12.4 Å². The molecule has 0 amide bonds. The van der Waals surface area contributed by atoms with Crippen LogP contribution in [0.1, 0.15) is 51.9 Å². The van der Waals surface area contributed by atoms with Gasteiger partial charge in [0.15, 0.2) is 11.4 Å². The van der Waals surface area contributed by atoms with E-state index in [2.05, 4.69) is 42.1 Å². The molecule has 0 aliphatic heterocycles. The zero-order chi connectivity index (χ0) is 19.1. The minimum absolute atomic E-state index is 0.0266. The van der Waals surface area contributed by atoms with Gasteiger partial charge in [-0.05, 0) is 32.9 Å². The molecular formula is C21H26N4O. The van der Waals surface area contributed by atoms with E-state index in [1.165, 1.54) is 0 Å². The van der Waals surface area contributed by atoms with Gasteiger partial charge in [0.1, 0.15) is 5.52 Å². The predicted molar refractivity (Wildman–Crippen MR) is 106 cm³/mol. The van der Waals surface area contributed by atoms with Gasteiger partial charge in [0.2, 0.25) is 0 Å². The zero-order valence-corrected chi connectivity index (χ0v) is 16.3.